The first-order valence-corrected chi connectivity index (χ1v) is 12.0. The summed E-state index contributed by atoms with van der Waals surface area (Å²) in [6, 6.07) is 19.5. The van der Waals surface area contributed by atoms with Gasteiger partial charge in [-0.15, -0.1) is 0 Å². The lowest BCUT2D eigenvalue weighted by Crippen LogP contribution is -2.44. The molecule has 1 amide bonds. The predicted octanol–water partition coefficient (Wildman–Crippen LogP) is 4.95. The Morgan fingerprint density at radius 3 is 2.42 bits per heavy atom. The standard InChI is InChI=1S/C28H29N5O3/c1-32(2)15-6-9-26(34)31-20-17-21(18-20)33-16-14-25-27(33)28(30-19-29-25)36-24-12-10-23(11-13-24)35-22-7-4-3-5-8-22/h3-14,16,19-21H,15,17-18H2,1-2H3,(H,31,34)/t20-,21-. The van der Waals surface area contributed by atoms with Crippen molar-refractivity contribution in [3.63, 3.8) is 0 Å². The number of nitrogens with one attached hydrogen (secondary N) is 1. The molecule has 0 spiro atoms. The second-order valence-electron chi connectivity index (χ2n) is 9.12. The van der Waals surface area contributed by atoms with E-state index in [1.807, 2.05) is 91.9 Å². The summed E-state index contributed by atoms with van der Waals surface area (Å²) in [5, 5.41) is 3.08. The maximum Gasteiger partial charge on any atom is 0.247 e. The summed E-state index contributed by atoms with van der Waals surface area (Å²) in [6.07, 6.45) is 8.69. The van der Waals surface area contributed by atoms with Gasteiger partial charge in [0, 0.05) is 30.9 Å². The summed E-state index contributed by atoms with van der Waals surface area (Å²) in [4.78, 5) is 23.0. The molecule has 2 heterocycles. The molecule has 184 valence electrons. The van der Waals surface area contributed by atoms with Crippen LogP contribution in [0.25, 0.3) is 11.0 Å². The fourth-order valence-electron chi connectivity index (χ4n) is 4.21. The summed E-state index contributed by atoms with van der Waals surface area (Å²) < 4.78 is 14.2. The zero-order valence-corrected chi connectivity index (χ0v) is 20.4. The average molecular weight is 484 g/mol. The minimum Gasteiger partial charge on any atom is -0.457 e. The fraction of sp³-hybridized carbons (Fsp3) is 0.250. The van der Waals surface area contributed by atoms with Crippen LogP contribution in [0.4, 0.5) is 0 Å². The molecule has 0 radical (unpaired) electrons. The van der Waals surface area contributed by atoms with Crippen LogP contribution in [0.15, 0.2) is 85.3 Å². The Morgan fingerprint density at radius 1 is 1.00 bits per heavy atom. The molecular weight excluding hydrogens is 454 g/mol. The number of aromatic nitrogens is 3. The second kappa shape index (κ2) is 10.6. The van der Waals surface area contributed by atoms with E-state index in [1.165, 1.54) is 6.33 Å². The van der Waals surface area contributed by atoms with Crippen LogP contribution in [-0.2, 0) is 4.79 Å². The number of amides is 1. The first kappa shape index (κ1) is 23.6. The number of rotatable bonds is 9. The number of carbonyl (C=O) groups excluding carboxylic acids is 1. The SMILES string of the molecule is CN(C)CC=CC(=O)N[C@H]1C[C@H](n2ccc3ncnc(Oc4ccc(Oc5ccccc5)cc4)c32)C1. The lowest BCUT2D eigenvalue weighted by molar-refractivity contribution is -0.117. The minimum absolute atomic E-state index is 0.0512. The molecule has 2 aromatic heterocycles. The molecule has 0 bridgehead atoms. The quantitative estimate of drug-likeness (QED) is 0.339. The Bertz CT molecular complexity index is 1340. The third kappa shape index (κ3) is 5.55. The second-order valence-corrected chi connectivity index (χ2v) is 9.12. The molecule has 5 rings (SSSR count). The van der Waals surface area contributed by atoms with Crippen molar-refractivity contribution in [2.24, 2.45) is 0 Å². The van der Waals surface area contributed by atoms with Gasteiger partial charge in [-0.3, -0.25) is 4.79 Å². The maximum absolute atomic E-state index is 12.1. The van der Waals surface area contributed by atoms with E-state index in [0.29, 0.717) is 11.6 Å². The van der Waals surface area contributed by atoms with E-state index in [4.69, 9.17) is 9.47 Å². The van der Waals surface area contributed by atoms with Gasteiger partial charge in [0.25, 0.3) is 0 Å². The van der Waals surface area contributed by atoms with Crippen LogP contribution in [0.3, 0.4) is 0 Å². The third-order valence-corrected chi connectivity index (χ3v) is 6.08. The molecule has 8 heteroatoms. The molecule has 0 atom stereocenters. The molecule has 36 heavy (non-hydrogen) atoms. The highest BCUT2D eigenvalue weighted by Gasteiger charge is 2.32. The highest BCUT2D eigenvalue weighted by atomic mass is 16.5. The summed E-state index contributed by atoms with van der Waals surface area (Å²) in [7, 11) is 3.94. The normalized spacial score (nSPS) is 17.3. The smallest absolute Gasteiger partial charge is 0.247 e. The zero-order chi connectivity index (χ0) is 24.9. The summed E-state index contributed by atoms with van der Waals surface area (Å²) in [5.74, 6) is 2.61. The molecule has 0 saturated heterocycles. The zero-order valence-electron chi connectivity index (χ0n) is 20.4. The van der Waals surface area contributed by atoms with E-state index < -0.39 is 0 Å². The van der Waals surface area contributed by atoms with Gasteiger partial charge in [-0.2, -0.15) is 4.98 Å². The number of likely N-dealkylation sites (N-methyl/N-ethyl adjacent to an activating group) is 1. The summed E-state index contributed by atoms with van der Waals surface area (Å²) in [6.45, 7) is 0.738. The number of nitrogens with zero attached hydrogens (tertiary/aromatic N) is 4. The minimum atomic E-state index is -0.0512. The van der Waals surface area contributed by atoms with Crippen LogP contribution >= 0.6 is 0 Å². The number of hydrogen-bond acceptors (Lipinski definition) is 6. The summed E-state index contributed by atoms with van der Waals surface area (Å²) >= 11 is 0. The van der Waals surface area contributed by atoms with Crippen molar-refractivity contribution in [1.82, 2.24) is 24.8 Å². The molecule has 1 N–H and O–H groups in total. The molecule has 0 aliphatic heterocycles. The van der Waals surface area contributed by atoms with Gasteiger partial charge in [0.1, 0.15) is 29.1 Å². The fourth-order valence-corrected chi connectivity index (χ4v) is 4.21. The van der Waals surface area contributed by atoms with E-state index in [-0.39, 0.29) is 18.0 Å². The van der Waals surface area contributed by atoms with Gasteiger partial charge in [0.05, 0.1) is 5.52 Å². The van der Waals surface area contributed by atoms with E-state index in [0.717, 1.165) is 41.9 Å². The van der Waals surface area contributed by atoms with E-state index in [1.54, 1.807) is 6.08 Å². The number of ether oxygens (including phenoxy) is 2. The molecule has 1 fully saturated rings. The Labute approximate surface area is 210 Å². The monoisotopic (exact) mass is 483 g/mol. The van der Waals surface area contributed by atoms with Gasteiger partial charge >= 0.3 is 0 Å². The molecule has 8 nitrogen and oxygen atoms in total. The topological polar surface area (TPSA) is 81.5 Å². The average Bonchev–Trinajstić information content (AvgIpc) is 3.27. The molecular formula is C28H29N5O3. The van der Waals surface area contributed by atoms with Crippen LogP contribution in [0.2, 0.25) is 0 Å². The molecule has 2 aromatic carbocycles. The largest absolute Gasteiger partial charge is 0.457 e. The molecule has 1 aliphatic rings. The van der Waals surface area contributed by atoms with E-state index in [2.05, 4.69) is 19.9 Å². The van der Waals surface area contributed by atoms with Crippen molar-refractivity contribution in [3.8, 4) is 23.1 Å². The predicted molar refractivity (Wildman–Crippen MR) is 138 cm³/mol. The van der Waals surface area contributed by atoms with Crippen LogP contribution in [0.5, 0.6) is 23.1 Å². The number of para-hydroxylation sites is 1. The van der Waals surface area contributed by atoms with Gasteiger partial charge in [-0.1, -0.05) is 24.3 Å². The van der Waals surface area contributed by atoms with Gasteiger partial charge in [-0.25, -0.2) is 4.98 Å². The van der Waals surface area contributed by atoms with Crippen LogP contribution in [-0.4, -0.2) is 52.0 Å². The summed E-state index contributed by atoms with van der Waals surface area (Å²) in [5.41, 5.74) is 1.67. The Hall–Kier alpha value is -4.17. The number of benzene rings is 2. The van der Waals surface area contributed by atoms with Crippen LogP contribution in [0.1, 0.15) is 18.9 Å². The Kier molecular flexibility index (Phi) is 6.95. The number of fused-ring (bicyclic) bond motifs is 1. The van der Waals surface area contributed by atoms with Crippen LogP contribution < -0.4 is 14.8 Å². The van der Waals surface area contributed by atoms with Crippen molar-refractivity contribution in [2.45, 2.75) is 24.9 Å². The first-order chi connectivity index (χ1) is 17.5. The Balaban J connectivity index is 1.24. The third-order valence-electron chi connectivity index (χ3n) is 6.08. The van der Waals surface area contributed by atoms with Gasteiger partial charge in [0.15, 0.2) is 0 Å². The number of carbonyl (C=O) groups is 1. The highest BCUT2D eigenvalue weighted by molar-refractivity contribution is 5.87. The molecule has 1 aliphatic carbocycles. The lowest BCUT2D eigenvalue weighted by atomic mass is 9.86. The molecule has 4 aromatic rings. The van der Waals surface area contributed by atoms with Gasteiger partial charge in [0.2, 0.25) is 11.8 Å². The maximum atomic E-state index is 12.1. The van der Waals surface area contributed by atoms with Crippen LogP contribution in [0, 0.1) is 0 Å². The van der Waals surface area contributed by atoms with Crippen molar-refractivity contribution >= 4 is 16.9 Å². The number of hydrogen-bond donors (Lipinski definition) is 1. The lowest BCUT2D eigenvalue weighted by Gasteiger charge is -2.37. The molecule has 1 saturated carbocycles. The molecule has 0 unspecified atom stereocenters. The van der Waals surface area contributed by atoms with Crippen molar-refractivity contribution in [2.75, 3.05) is 20.6 Å². The van der Waals surface area contributed by atoms with Gasteiger partial charge < -0.3 is 24.3 Å². The first-order valence-electron chi connectivity index (χ1n) is 12.0. The van der Waals surface area contributed by atoms with E-state index in [9.17, 15) is 4.79 Å². The van der Waals surface area contributed by atoms with Crippen molar-refractivity contribution < 1.29 is 14.3 Å². The van der Waals surface area contributed by atoms with Crippen molar-refractivity contribution in [1.29, 1.82) is 0 Å². The van der Waals surface area contributed by atoms with Gasteiger partial charge in [-0.05, 0) is 69.4 Å². The van der Waals surface area contributed by atoms with Crippen molar-refractivity contribution in [3.05, 3.63) is 85.3 Å². The van der Waals surface area contributed by atoms with E-state index >= 15 is 0 Å². The Morgan fingerprint density at radius 2 is 1.69 bits per heavy atom. The highest BCUT2D eigenvalue weighted by Crippen LogP contribution is 2.38.